The monoisotopic (exact) mass is 368 g/mol. The molecule has 0 aromatic heterocycles. The minimum absolute atomic E-state index is 0.0920. The summed E-state index contributed by atoms with van der Waals surface area (Å²) in [5, 5.41) is 2.72. The van der Waals surface area contributed by atoms with Gasteiger partial charge >= 0.3 is 12.1 Å². The number of hydrogen-bond acceptors (Lipinski definition) is 3. The van der Waals surface area contributed by atoms with Gasteiger partial charge < -0.3 is 10.2 Å². The van der Waals surface area contributed by atoms with E-state index in [4.69, 9.17) is 0 Å². The fraction of sp³-hybridized carbons (Fsp3) is 0.500. The van der Waals surface area contributed by atoms with Crippen LogP contribution in [-0.4, -0.2) is 41.8 Å². The second-order valence-electron chi connectivity index (χ2n) is 6.77. The Morgan fingerprint density at radius 3 is 2.00 bits per heavy atom. The first kappa shape index (κ1) is 18.4. The summed E-state index contributed by atoms with van der Waals surface area (Å²) in [6.45, 7) is -0.184. The van der Waals surface area contributed by atoms with E-state index in [1.54, 1.807) is 24.3 Å². The van der Waals surface area contributed by atoms with Crippen LogP contribution in [0.3, 0.4) is 0 Å². The number of piperidine rings is 1. The summed E-state index contributed by atoms with van der Waals surface area (Å²) in [5.41, 5.74) is 1.15. The first-order valence-corrected chi connectivity index (χ1v) is 8.57. The molecule has 26 heavy (non-hydrogen) atoms. The molecule has 1 N–H and O–H groups in total. The Labute approximate surface area is 148 Å². The molecular weight excluding hydrogens is 349 g/mol. The van der Waals surface area contributed by atoms with E-state index in [0.717, 1.165) is 17.7 Å². The molecule has 1 saturated heterocycles. The number of alkyl halides is 3. The Kier molecular flexibility index (Phi) is 5.02. The van der Waals surface area contributed by atoms with Gasteiger partial charge in [-0.1, -0.05) is 0 Å². The van der Waals surface area contributed by atoms with Crippen molar-refractivity contribution in [2.45, 2.75) is 31.9 Å². The van der Waals surface area contributed by atoms with Crippen molar-refractivity contribution < 1.29 is 27.6 Å². The highest BCUT2D eigenvalue weighted by Gasteiger charge is 2.43. The number of carbonyl (C=O) groups is 3. The summed E-state index contributed by atoms with van der Waals surface area (Å²) >= 11 is 0. The molecule has 0 bridgehead atoms. The molecule has 140 valence electrons. The van der Waals surface area contributed by atoms with Crippen LogP contribution >= 0.6 is 0 Å². The predicted octanol–water partition coefficient (Wildman–Crippen LogP) is 3.02. The lowest BCUT2D eigenvalue weighted by Gasteiger charge is -2.31. The Morgan fingerprint density at radius 2 is 1.50 bits per heavy atom. The average molecular weight is 368 g/mol. The number of ketones is 1. The zero-order chi connectivity index (χ0) is 18.9. The molecule has 0 unspecified atom stereocenters. The van der Waals surface area contributed by atoms with Crippen LogP contribution in [-0.2, 0) is 9.59 Å². The number of rotatable bonds is 4. The van der Waals surface area contributed by atoms with E-state index >= 15 is 0 Å². The van der Waals surface area contributed by atoms with Gasteiger partial charge in [-0.15, -0.1) is 0 Å². The predicted molar refractivity (Wildman–Crippen MR) is 87.5 cm³/mol. The van der Waals surface area contributed by atoms with Gasteiger partial charge in [-0.25, -0.2) is 0 Å². The number of halogens is 3. The van der Waals surface area contributed by atoms with Crippen molar-refractivity contribution in [3.63, 3.8) is 0 Å². The van der Waals surface area contributed by atoms with E-state index in [0.29, 0.717) is 11.3 Å². The highest BCUT2D eigenvalue weighted by atomic mass is 19.4. The Bertz CT molecular complexity index is 703. The molecule has 2 amide bonds. The second-order valence-corrected chi connectivity index (χ2v) is 6.77. The standard InChI is InChI=1S/C18H19F3N2O3/c19-18(20,21)17(26)23-9-7-13(8-10-23)16(25)22-14-5-3-12(4-6-14)15(24)11-1-2-11/h3-6,11,13H,1-2,7-10H2,(H,22,25). The quantitative estimate of drug-likeness (QED) is 0.831. The van der Waals surface area contributed by atoms with Crippen LogP contribution in [0.15, 0.2) is 24.3 Å². The minimum atomic E-state index is -4.88. The molecule has 1 aliphatic carbocycles. The molecule has 2 fully saturated rings. The normalized spacial score (nSPS) is 18.5. The first-order chi connectivity index (χ1) is 12.3. The Morgan fingerprint density at radius 1 is 0.923 bits per heavy atom. The number of hydrogen-bond donors (Lipinski definition) is 1. The molecule has 5 nitrogen and oxygen atoms in total. The topological polar surface area (TPSA) is 66.5 Å². The molecule has 0 spiro atoms. The summed E-state index contributed by atoms with van der Waals surface area (Å²) < 4.78 is 37.3. The number of amides is 2. The Hall–Kier alpha value is -2.38. The third-order valence-corrected chi connectivity index (χ3v) is 4.78. The van der Waals surface area contributed by atoms with E-state index < -0.39 is 18.0 Å². The van der Waals surface area contributed by atoms with Crippen molar-refractivity contribution in [3.05, 3.63) is 29.8 Å². The SMILES string of the molecule is O=C(Nc1ccc(C(=O)C2CC2)cc1)C1CCN(C(=O)C(F)(F)F)CC1. The zero-order valence-electron chi connectivity index (χ0n) is 14.0. The van der Waals surface area contributed by atoms with Gasteiger partial charge in [-0.2, -0.15) is 13.2 Å². The van der Waals surface area contributed by atoms with Crippen LogP contribution in [0.2, 0.25) is 0 Å². The molecule has 1 aliphatic heterocycles. The van der Waals surface area contributed by atoms with Crippen molar-refractivity contribution in [3.8, 4) is 0 Å². The van der Waals surface area contributed by atoms with Gasteiger partial charge in [-0.3, -0.25) is 14.4 Å². The van der Waals surface area contributed by atoms with Crippen LogP contribution in [0.1, 0.15) is 36.0 Å². The van der Waals surface area contributed by atoms with Crippen molar-refractivity contribution in [2.75, 3.05) is 18.4 Å². The fourth-order valence-corrected chi connectivity index (χ4v) is 3.07. The van der Waals surface area contributed by atoms with Crippen LogP contribution in [0.25, 0.3) is 0 Å². The molecule has 1 aromatic rings. The Balaban J connectivity index is 1.51. The number of likely N-dealkylation sites (tertiary alicyclic amines) is 1. The lowest BCUT2D eigenvalue weighted by atomic mass is 9.95. The summed E-state index contributed by atoms with van der Waals surface area (Å²) in [6, 6.07) is 6.63. The number of Topliss-reactive ketones (excluding diaryl/α,β-unsaturated/α-hetero) is 1. The van der Waals surface area contributed by atoms with Crippen LogP contribution < -0.4 is 5.32 Å². The largest absolute Gasteiger partial charge is 0.471 e. The number of nitrogens with one attached hydrogen (secondary N) is 1. The van der Waals surface area contributed by atoms with Crippen molar-refractivity contribution in [1.82, 2.24) is 4.90 Å². The third kappa shape index (κ3) is 4.23. The van der Waals surface area contributed by atoms with Gasteiger partial charge in [0.15, 0.2) is 5.78 Å². The van der Waals surface area contributed by atoms with Gasteiger partial charge in [0.25, 0.3) is 0 Å². The molecule has 8 heteroatoms. The summed E-state index contributed by atoms with van der Waals surface area (Å²) in [5.74, 6) is -2.35. The molecule has 1 heterocycles. The van der Waals surface area contributed by atoms with Gasteiger partial charge in [0.05, 0.1) is 0 Å². The van der Waals surface area contributed by atoms with Gasteiger partial charge in [0, 0.05) is 36.2 Å². The molecule has 0 atom stereocenters. The zero-order valence-corrected chi connectivity index (χ0v) is 14.0. The third-order valence-electron chi connectivity index (χ3n) is 4.78. The van der Waals surface area contributed by atoms with Crippen LogP contribution in [0.5, 0.6) is 0 Å². The van der Waals surface area contributed by atoms with E-state index in [-0.39, 0.29) is 43.5 Å². The fourth-order valence-electron chi connectivity index (χ4n) is 3.07. The molecule has 3 rings (SSSR count). The van der Waals surface area contributed by atoms with Crippen molar-refractivity contribution in [2.24, 2.45) is 11.8 Å². The van der Waals surface area contributed by atoms with E-state index in [1.807, 2.05) is 0 Å². The molecule has 1 aromatic carbocycles. The average Bonchev–Trinajstić information content (AvgIpc) is 3.45. The van der Waals surface area contributed by atoms with Crippen molar-refractivity contribution >= 4 is 23.3 Å². The lowest BCUT2D eigenvalue weighted by molar-refractivity contribution is -0.186. The van der Waals surface area contributed by atoms with Gasteiger partial charge in [0.2, 0.25) is 5.91 Å². The number of benzene rings is 1. The van der Waals surface area contributed by atoms with Gasteiger partial charge in [-0.05, 0) is 49.9 Å². The molecular formula is C18H19F3N2O3. The van der Waals surface area contributed by atoms with Crippen LogP contribution in [0, 0.1) is 11.8 Å². The van der Waals surface area contributed by atoms with Gasteiger partial charge in [0.1, 0.15) is 0 Å². The minimum Gasteiger partial charge on any atom is -0.335 e. The molecule has 2 aliphatic rings. The summed E-state index contributed by atoms with van der Waals surface area (Å²) in [6.07, 6.45) is -2.66. The summed E-state index contributed by atoms with van der Waals surface area (Å²) in [7, 11) is 0. The van der Waals surface area contributed by atoms with E-state index in [2.05, 4.69) is 5.32 Å². The molecule has 1 saturated carbocycles. The maximum atomic E-state index is 12.4. The smallest absolute Gasteiger partial charge is 0.335 e. The lowest BCUT2D eigenvalue weighted by Crippen LogP contribution is -2.46. The maximum absolute atomic E-state index is 12.4. The molecule has 0 radical (unpaired) electrons. The van der Waals surface area contributed by atoms with Crippen LogP contribution in [0.4, 0.5) is 18.9 Å². The summed E-state index contributed by atoms with van der Waals surface area (Å²) in [4.78, 5) is 36.2. The number of nitrogens with zero attached hydrogens (tertiary/aromatic N) is 1. The number of carbonyl (C=O) groups excluding carboxylic acids is 3. The first-order valence-electron chi connectivity index (χ1n) is 8.57. The van der Waals surface area contributed by atoms with Crippen molar-refractivity contribution in [1.29, 1.82) is 0 Å². The number of anilines is 1. The maximum Gasteiger partial charge on any atom is 0.471 e. The van der Waals surface area contributed by atoms with E-state index in [9.17, 15) is 27.6 Å². The highest BCUT2D eigenvalue weighted by Crippen LogP contribution is 2.33. The highest BCUT2D eigenvalue weighted by molar-refractivity contribution is 6.00. The van der Waals surface area contributed by atoms with E-state index in [1.165, 1.54) is 0 Å². The second kappa shape index (κ2) is 7.09.